The number of aliphatic hydroxyl groups is 2. The van der Waals surface area contributed by atoms with Gasteiger partial charge in [-0.25, -0.2) is 0 Å². The van der Waals surface area contributed by atoms with Gasteiger partial charge >= 0.3 is 6.18 Å². The zero-order valence-corrected chi connectivity index (χ0v) is 9.24. The van der Waals surface area contributed by atoms with Crippen LogP contribution in [0.25, 0.3) is 0 Å². The third-order valence-corrected chi connectivity index (χ3v) is 2.23. The highest BCUT2D eigenvalue weighted by Crippen LogP contribution is 2.29. The number of hydrogen-bond donors (Lipinski definition) is 3. The summed E-state index contributed by atoms with van der Waals surface area (Å²) in [4.78, 5) is 11.6. The molecule has 4 nitrogen and oxygen atoms in total. The molecule has 0 unspecified atom stereocenters. The molecule has 1 rings (SSSR count). The largest absolute Gasteiger partial charge is 0.416 e. The van der Waals surface area contributed by atoms with E-state index in [-0.39, 0.29) is 5.56 Å². The molecule has 0 atom stereocenters. The minimum Gasteiger partial charge on any atom is -0.394 e. The van der Waals surface area contributed by atoms with E-state index < -0.39 is 36.9 Å². The number of nitrogens with one attached hydrogen (secondary N) is 1. The van der Waals surface area contributed by atoms with Gasteiger partial charge < -0.3 is 15.5 Å². The summed E-state index contributed by atoms with van der Waals surface area (Å²) >= 11 is 0. The van der Waals surface area contributed by atoms with Crippen LogP contribution < -0.4 is 5.32 Å². The van der Waals surface area contributed by atoms with Crippen LogP contribution in [0.4, 0.5) is 13.2 Å². The first-order valence-corrected chi connectivity index (χ1v) is 5.08. The topological polar surface area (TPSA) is 69.6 Å². The number of aliphatic hydroxyl groups excluding tert-OH is 2. The van der Waals surface area contributed by atoms with Gasteiger partial charge in [0.25, 0.3) is 5.91 Å². The third-order valence-electron chi connectivity index (χ3n) is 2.23. The van der Waals surface area contributed by atoms with E-state index >= 15 is 0 Å². The quantitative estimate of drug-likeness (QED) is 0.752. The lowest BCUT2D eigenvalue weighted by atomic mass is 10.1. The van der Waals surface area contributed by atoms with E-state index in [1.54, 1.807) is 0 Å². The van der Waals surface area contributed by atoms with E-state index in [0.717, 1.165) is 12.1 Å². The third kappa shape index (κ3) is 3.71. The molecule has 0 aromatic heterocycles. The first-order valence-electron chi connectivity index (χ1n) is 5.08. The van der Waals surface area contributed by atoms with E-state index in [4.69, 9.17) is 10.2 Å². The Balaban J connectivity index is 2.87. The van der Waals surface area contributed by atoms with Crippen LogP contribution in [0.5, 0.6) is 0 Å². The van der Waals surface area contributed by atoms with Crippen LogP contribution in [0.15, 0.2) is 24.3 Å². The number of rotatable bonds is 4. The summed E-state index contributed by atoms with van der Waals surface area (Å²) in [5, 5.41) is 19.7. The zero-order chi connectivity index (χ0) is 13.8. The highest BCUT2D eigenvalue weighted by Gasteiger charge is 2.30. The number of hydrogen-bond acceptors (Lipinski definition) is 3. The molecule has 0 saturated carbocycles. The maximum absolute atomic E-state index is 12.4. The van der Waals surface area contributed by atoms with Gasteiger partial charge in [0.05, 0.1) is 24.8 Å². The second-order valence-electron chi connectivity index (χ2n) is 3.61. The number of alkyl halides is 3. The van der Waals surface area contributed by atoms with Crippen molar-refractivity contribution in [3.8, 4) is 0 Å². The average molecular weight is 263 g/mol. The number of halogens is 3. The number of amides is 1. The molecular weight excluding hydrogens is 251 g/mol. The predicted molar refractivity (Wildman–Crippen MR) is 56.9 cm³/mol. The molecule has 18 heavy (non-hydrogen) atoms. The highest BCUT2D eigenvalue weighted by atomic mass is 19.4. The molecule has 0 bridgehead atoms. The molecule has 0 aliphatic heterocycles. The van der Waals surface area contributed by atoms with Crippen LogP contribution in [0.2, 0.25) is 0 Å². The first kappa shape index (κ1) is 14.5. The maximum atomic E-state index is 12.4. The normalized spacial score (nSPS) is 11.7. The van der Waals surface area contributed by atoms with Crippen molar-refractivity contribution in [2.24, 2.45) is 0 Å². The Morgan fingerprint density at radius 2 is 1.89 bits per heavy atom. The van der Waals surface area contributed by atoms with Crippen molar-refractivity contribution in [1.29, 1.82) is 0 Å². The van der Waals surface area contributed by atoms with Gasteiger partial charge in [-0.3, -0.25) is 4.79 Å². The van der Waals surface area contributed by atoms with Crippen molar-refractivity contribution in [3.05, 3.63) is 35.4 Å². The van der Waals surface area contributed by atoms with E-state index in [1.165, 1.54) is 6.07 Å². The molecule has 0 aliphatic rings. The van der Waals surface area contributed by atoms with Gasteiger partial charge in [-0.05, 0) is 18.2 Å². The van der Waals surface area contributed by atoms with E-state index in [0.29, 0.717) is 6.07 Å². The lowest BCUT2D eigenvalue weighted by Crippen LogP contribution is -2.40. The molecule has 7 heteroatoms. The smallest absolute Gasteiger partial charge is 0.394 e. The van der Waals surface area contributed by atoms with Crippen LogP contribution in [-0.4, -0.2) is 35.4 Å². The van der Waals surface area contributed by atoms with Gasteiger partial charge in [0.1, 0.15) is 0 Å². The average Bonchev–Trinajstić information content (AvgIpc) is 2.34. The Kier molecular flexibility index (Phi) is 4.69. The summed E-state index contributed by atoms with van der Waals surface area (Å²) in [5.41, 5.74) is -1.11. The van der Waals surface area contributed by atoms with E-state index in [1.807, 2.05) is 0 Å². The fraction of sp³-hybridized carbons (Fsp3) is 0.364. The highest BCUT2D eigenvalue weighted by molar-refractivity contribution is 5.94. The summed E-state index contributed by atoms with van der Waals surface area (Å²) in [6.45, 7) is -0.998. The number of benzene rings is 1. The number of carbonyl (C=O) groups is 1. The second-order valence-corrected chi connectivity index (χ2v) is 3.61. The van der Waals surface area contributed by atoms with Crippen molar-refractivity contribution in [3.63, 3.8) is 0 Å². The molecule has 0 saturated heterocycles. The molecule has 1 amide bonds. The minimum atomic E-state index is -4.52. The molecule has 0 aliphatic carbocycles. The molecular formula is C11H12F3NO3. The summed E-state index contributed by atoms with van der Waals surface area (Å²) in [6, 6.07) is 3.00. The molecule has 1 aromatic rings. The molecule has 0 heterocycles. The monoisotopic (exact) mass is 263 g/mol. The maximum Gasteiger partial charge on any atom is 0.416 e. The van der Waals surface area contributed by atoms with Crippen LogP contribution in [0.3, 0.4) is 0 Å². The molecule has 0 fully saturated rings. The minimum absolute atomic E-state index is 0.184. The van der Waals surface area contributed by atoms with Crippen molar-refractivity contribution < 1.29 is 28.2 Å². The van der Waals surface area contributed by atoms with Gasteiger partial charge in [0, 0.05) is 5.56 Å². The Hall–Kier alpha value is -1.60. The van der Waals surface area contributed by atoms with Gasteiger partial charge in [0.15, 0.2) is 0 Å². The Morgan fingerprint density at radius 1 is 1.28 bits per heavy atom. The lowest BCUT2D eigenvalue weighted by Gasteiger charge is -2.14. The summed E-state index contributed by atoms with van der Waals surface area (Å²) in [6.07, 6.45) is -4.52. The van der Waals surface area contributed by atoms with Crippen LogP contribution in [0.1, 0.15) is 15.9 Å². The summed E-state index contributed by atoms with van der Waals surface area (Å²) in [7, 11) is 0. The Bertz CT molecular complexity index is 416. The van der Waals surface area contributed by atoms with Crippen LogP contribution >= 0.6 is 0 Å². The SMILES string of the molecule is O=C(NC(CO)CO)c1cccc(C(F)(F)F)c1. The summed E-state index contributed by atoms with van der Waals surface area (Å²) < 4.78 is 37.2. The zero-order valence-electron chi connectivity index (χ0n) is 9.24. The predicted octanol–water partition coefficient (Wildman–Crippen LogP) is 0.788. The Labute approximate surface area is 101 Å². The van der Waals surface area contributed by atoms with Crippen molar-refractivity contribution in [1.82, 2.24) is 5.32 Å². The van der Waals surface area contributed by atoms with Crippen molar-refractivity contribution in [2.45, 2.75) is 12.2 Å². The van der Waals surface area contributed by atoms with Crippen molar-refractivity contribution >= 4 is 5.91 Å². The van der Waals surface area contributed by atoms with Gasteiger partial charge in [-0.15, -0.1) is 0 Å². The Morgan fingerprint density at radius 3 is 2.39 bits per heavy atom. The number of carbonyl (C=O) groups excluding carboxylic acids is 1. The van der Waals surface area contributed by atoms with E-state index in [2.05, 4.69) is 5.32 Å². The van der Waals surface area contributed by atoms with Crippen LogP contribution in [-0.2, 0) is 6.18 Å². The van der Waals surface area contributed by atoms with Gasteiger partial charge in [-0.2, -0.15) is 13.2 Å². The second kappa shape index (κ2) is 5.83. The molecule has 3 N–H and O–H groups in total. The standard InChI is InChI=1S/C11H12F3NO3/c12-11(13,14)8-3-1-2-7(4-8)10(18)15-9(5-16)6-17/h1-4,9,16-17H,5-6H2,(H,15,18). The van der Waals surface area contributed by atoms with Crippen molar-refractivity contribution in [2.75, 3.05) is 13.2 Å². The first-order chi connectivity index (χ1) is 8.38. The fourth-order valence-electron chi connectivity index (χ4n) is 1.25. The molecule has 100 valence electrons. The molecule has 0 radical (unpaired) electrons. The van der Waals surface area contributed by atoms with Gasteiger partial charge in [0.2, 0.25) is 0 Å². The summed E-state index contributed by atoms with van der Waals surface area (Å²) in [5.74, 6) is -0.783. The molecule has 1 aromatic carbocycles. The van der Waals surface area contributed by atoms with Gasteiger partial charge in [-0.1, -0.05) is 6.07 Å². The molecule has 0 spiro atoms. The fourth-order valence-corrected chi connectivity index (χ4v) is 1.25. The lowest BCUT2D eigenvalue weighted by molar-refractivity contribution is -0.137. The van der Waals surface area contributed by atoms with E-state index in [9.17, 15) is 18.0 Å². The van der Waals surface area contributed by atoms with Crippen LogP contribution in [0, 0.1) is 0 Å².